The summed E-state index contributed by atoms with van der Waals surface area (Å²) in [6, 6.07) is 7.01. The maximum Gasteiger partial charge on any atom is 0.333 e. The molecule has 146 valence electrons. The molecule has 2 aliphatic rings. The normalized spacial score (nSPS) is 15.5. The second kappa shape index (κ2) is 7.39. The highest BCUT2D eigenvalue weighted by atomic mass is 32.2. The minimum Gasteiger partial charge on any atom is -0.307 e. The molecule has 0 fully saturated rings. The molecule has 2 aromatic carbocycles. The van der Waals surface area contributed by atoms with Crippen LogP contribution >= 0.6 is 0 Å². The highest BCUT2D eigenvalue weighted by Gasteiger charge is 2.25. The number of fused-ring (bicyclic) bond motifs is 2. The molecule has 0 spiro atoms. The van der Waals surface area contributed by atoms with Crippen molar-refractivity contribution in [2.24, 2.45) is 0 Å². The highest BCUT2D eigenvalue weighted by Crippen LogP contribution is 2.38. The summed E-state index contributed by atoms with van der Waals surface area (Å²) in [5.74, 6) is -0.461. The molecule has 0 heterocycles. The van der Waals surface area contributed by atoms with Gasteiger partial charge in [-0.2, -0.15) is 0 Å². The monoisotopic (exact) mass is 400 g/mol. The molecule has 2 N–H and O–H groups in total. The molecular weight excluding hydrogens is 379 g/mol. The number of rotatable bonds is 4. The van der Waals surface area contributed by atoms with E-state index in [-0.39, 0.29) is 0 Å². The van der Waals surface area contributed by atoms with E-state index >= 15 is 0 Å². The SMILES string of the molecule is O=C(Nc1c2c(cc3c1CCC3)CCC2)NS(=O)(=O)/C=C/c1cccc(F)c1. The lowest BCUT2D eigenvalue weighted by atomic mass is 9.99. The predicted molar refractivity (Wildman–Crippen MR) is 107 cm³/mol. The molecule has 7 heteroatoms. The Labute approximate surface area is 163 Å². The first-order chi connectivity index (χ1) is 13.4. The number of carbonyl (C=O) groups is 1. The number of hydrogen-bond acceptors (Lipinski definition) is 3. The van der Waals surface area contributed by atoms with Crippen molar-refractivity contribution in [3.8, 4) is 0 Å². The van der Waals surface area contributed by atoms with Gasteiger partial charge in [0, 0.05) is 5.69 Å². The van der Waals surface area contributed by atoms with Crippen LogP contribution < -0.4 is 10.0 Å². The largest absolute Gasteiger partial charge is 0.333 e. The first-order valence-corrected chi connectivity index (χ1v) is 10.9. The minimum absolute atomic E-state index is 0.393. The van der Waals surface area contributed by atoms with Gasteiger partial charge in [-0.1, -0.05) is 18.2 Å². The Kier molecular flexibility index (Phi) is 4.93. The van der Waals surface area contributed by atoms with Crippen LogP contribution in [-0.2, 0) is 35.7 Å². The molecule has 0 saturated heterocycles. The summed E-state index contributed by atoms with van der Waals surface area (Å²) in [5.41, 5.74) is 5.94. The summed E-state index contributed by atoms with van der Waals surface area (Å²) in [7, 11) is -4.01. The fraction of sp³-hybridized carbons (Fsp3) is 0.286. The zero-order chi connectivity index (χ0) is 19.7. The van der Waals surface area contributed by atoms with Crippen LogP contribution in [0.1, 0.15) is 40.7 Å². The van der Waals surface area contributed by atoms with Crippen LogP contribution in [-0.4, -0.2) is 14.4 Å². The van der Waals surface area contributed by atoms with E-state index in [1.54, 1.807) is 6.07 Å². The maximum absolute atomic E-state index is 13.2. The molecule has 0 bridgehead atoms. The van der Waals surface area contributed by atoms with Gasteiger partial charge in [-0.25, -0.2) is 22.3 Å². The van der Waals surface area contributed by atoms with Crippen molar-refractivity contribution < 1.29 is 17.6 Å². The van der Waals surface area contributed by atoms with E-state index in [1.165, 1.54) is 35.4 Å². The summed E-state index contributed by atoms with van der Waals surface area (Å²) >= 11 is 0. The molecule has 0 atom stereocenters. The molecule has 0 radical (unpaired) electrons. The minimum atomic E-state index is -4.01. The molecule has 2 aromatic rings. The molecule has 4 rings (SSSR count). The number of aryl methyl sites for hydroxylation is 2. The Hall–Kier alpha value is -2.67. The van der Waals surface area contributed by atoms with E-state index in [0.29, 0.717) is 5.56 Å². The molecule has 0 aromatic heterocycles. The first-order valence-electron chi connectivity index (χ1n) is 9.35. The number of hydrogen-bond donors (Lipinski definition) is 2. The van der Waals surface area contributed by atoms with Gasteiger partial charge in [-0.3, -0.25) is 0 Å². The number of benzene rings is 2. The van der Waals surface area contributed by atoms with Gasteiger partial charge >= 0.3 is 6.03 Å². The predicted octanol–water partition coefficient (Wildman–Crippen LogP) is 3.93. The molecule has 0 saturated carbocycles. The summed E-state index contributed by atoms with van der Waals surface area (Å²) < 4.78 is 39.6. The summed E-state index contributed by atoms with van der Waals surface area (Å²) in [6.45, 7) is 0. The Balaban J connectivity index is 1.51. The summed E-state index contributed by atoms with van der Waals surface area (Å²) in [5, 5.41) is 3.65. The lowest BCUT2D eigenvalue weighted by molar-refractivity contribution is 0.256. The number of carbonyl (C=O) groups excluding carboxylic acids is 1. The topological polar surface area (TPSA) is 75.3 Å². The third-order valence-corrected chi connectivity index (χ3v) is 6.20. The first kappa shape index (κ1) is 18.7. The van der Waals surface area contributed by atoms with Crippen molar-refractivity contribution in [1.29, 1.82) is 0 Å². The third-order valence-electron chi connectivity index (χ3n) is 5.23. The Morgan fingerprint density at radius 1 is 1.00 bits per heavy atom. The van der Waals surface area contributed by atoms with E-state index in [1.807, 2.05) is 4.72 Å². The summed E-state index contributed by atoms with van der Waals surface area (Å²) in [4.78, 5) is 12.4. The number of anilines is 1. The van der Waals surface area contributed by atoms with E-state index in [9.17, 15) is 17.6 Å². The quantitative estimate of drug-likeness (QED) is 0.817. The number of halogens is 1. The van der Waals surface area contributed by atoms with Crippen LogP contribution in [0.4, 0.5) is 14.9 Å². The molecule has 0 unspecified atom stereocenters. The van der Waals surface area contributed by atoms with Crippen LogP contribution in [0.5, 0.6) is 0 Å². The van der Waals surface area contributed by atoms with Crippen LogP contribution in [0.2, 0.25) is 0 Å². The van der Waals surface area contributed by atoms with Crippen molar-refractivity contribution in [2.45, 2.75) is 38.5 Å². The smallest absolute Gasteiger partial charge is 0.307 e. The van der Waals surface area contributed by atoms with Gasteiger partial charge in [0.15, 0.2) is 0 Å². The van der Waals surface area contributed by atoms with E-state index in [2.05, 4.69) is 11.4 Å². The Morgan fingerprint density at radius 2 is 1.68 bits per heavy atom. The molecule has 5 nitrogen and oxygen atoms in total. The van der Waals surface area contributed by atoms with Crippen molar-refractivity contribution in [3.63, 3.8) is 0 Å². The molecular formula is C21H21FN2O3S. The number of urea groups is 1. The van der Waals surface area contributed by atoms with Crippen LogP contribution in [0.3, 0.4) is 0 Å². The second-order valence-corrected chi connectivity index (χ2v) is 8.76. The molecule has 28 heavy (non-hydrogen) atoms. The van der Waals surface area contributed by atoms with Crippen molar-refractivity contribution >= 4 is 27.8 Å². The van der Waals surface area contributed by atoms with Crippen LogP contribution in [0.25, 0.3) is 6.08 Å². The third kappa shape index (κ3) is 3.94. The van der Waals surface area contributed by atoms with Gasteiger partial charge in [-0.15, -0.1) is 0 Å². The molecule has 2 amide bonds. The Bertz CT molecular complexity index is 1050. The summed E-state index contributed by atoms with van der Waals surface area (Å²) in [6.07, 6.45) is 7.11. The number of nitrogens with one attached hydrogen (secondary N) is 2. The van der Waals surface area contributed by atoms with E-state index in [0.717, 1.165) is 60.7 Å². The fourth-order valence-electron chi connectivity index (χ4n) is 4.05. The van der Waals surface area contributed by atoms with Gasteiger partial charge in [0.2, 0.25) is 0 Å². The average Bonchev–Trinajstić information content (AvgIpc) is 3.28. The van der Waals surface area contributed by atoms with E-state index in [4.69, 9.17) is 0 Å². The standard InChI is InChI=1S/C21H21FN2O3S/c22-17-7-1-4-14(12-17)10-11-28(26,27)24-21(25)23-20-18-8-2-5-15(18)13-16-6-3-9-19(16)20/h1,4,7,10-13H,2-3,5-6,8-9H2,(H2,23,24,25)/b11-10+. The van der Waals surface area contributed by atoms with Crippen LogP contribution in [0, 0.1) is 5.82 Å². The average molecular weight is 400 g/mol. The lowest BCUT2D eigenvalue weighted by Gasteiger charge is -2.16. The van der Waals surface area contributed by atoms with Gasteiger partial charge < -0.3 is 5.32 Å². The van der Waals surface area contributed by atoms with Crippen LogP contribution in [0.15, 0.2) is 35.7 Å². The molecule has 2 aliphatic carbocycles. The van der Waals surface area contributed by atoms with Crippen molar-refractivity contribution in [1.82, 2.24) is 4.72 Å². The van der Waals surface area contributed by atoms with Gasteiger partial charge in [0.05, 0.1) is 5.41 Å². The van der Waals surface area contributed by atoms with Crippen molar-refractivity contribution in [3.05, 3.63) is 69.4 Å². The zero-order valence-electron chi connectivity index (χ0n) is 15.3. The maximum atomic E-state index is 13.2. The second-order valence-electron chi connectivity index (χ2n) is 7.19. The number of amides is 2. The Morgan fingerprint density at radius 3 is 2.32 bits per heavy atom. The van der Waals surface area contributed by atoms with Gasteiger partial charge in [0.25, 0.3) is 10.0 Å². The van der Waals surface area contributed by atoms with Gasteiger partial charge in [0.1, 0.15) is 5.82 Å². The highest BCUT2D eigenvalue weighted by molar-refractivity contribution is 7.93. The lowest BCUT2D eigenvalue weighted by Crippen LogP contribution is -2.33. The zero-order valence-corrected chi connectivity index (χ0v) is 16.1. The van der Waals surface area contributed by atoms with E-state index < -0.39 is 21.9 Å². The fourth-order valence-corrected chi connectivity index (χ4v) is 4.76. The van der Waals surface area contributed by atoms with Crippen molar-refractivity contribution in [2.75, 3.05) is 5.32 Å². The number of sulfonamides is 1. The van der Waals surface area contributed by atoms with Gasteiger partial charge in [-0.05, 0) is 84.6 Å². The molecule has 0 aliphatic heterocycles.